The molecule has 0 aliphatic rings. The summed E-state index contributed by atoms with van der Waals surface area (Å²) in [6, 6.07) is -0.195. The molecule has 16 heavy (non-hydrogen) atoms. The Balaban J connectivity index is 2.58. The van der Waals surface area contributed by atoms with Crippen molar-refractivity contribution in [3.05, 3.63) is 11.7 Å². The molecule has 0 fully saturated rings. The van der Waals surface area contributed by atoms with Crippen LogP contribution in [0.4, 0.5) is 13.2 Å². The van der Waals surface area contributed by atoms with Crippen molar-refractivity contribution in [3.63, 3.8) is 0 Å². The molecule has 0 aromatic carbocycles. The maximum atomic E-state index is 12.0. The van der Waals surface area contributed by atoms with Gasteiger partial charge < -0.3 is 10.3 Å². The molecule has 1 heterocycles. The van der Waals surface area contributed by atoms with Crippen LogP contribution in [0.1, 0.15) is 25.6 Å². The van der Waals surface area contributed by atoms with E-state index in [0.717, 1.165) is 0 Å². The van der Waals surface area contributed by atoms with Gasteiger partial charge in [-0.05, 0) is 5.92 Å². The third-order valence-electron chi connectivity index (χ3n) is 2.14. The largest absolute Gasteiger partial charge is 0.396 e. The Hall–Kier alpha value is -1.11. The van der Waals surface area contributed by atoms with Crippen molar-refractivity contribution in [2.45, 2.75) is 38.9 Å². The van der Waals surface area contributed by atoms with Crippen molar-refractivity contribution in [1.82, 2.24) is 10.1 Å². The second-order valence-electron chi connectivity index (χ2n) is 4.01. The lowest BCUT2D eigenvalue weighted by atomic mass is 10.0. The average Bonchev–Trinajstić information content (AvgIpc) is 2.49. The molecule has 2 N–H and O–H groups in total. The highest BCUT2D eigenvalue weighted by Crippen LogP contribution is 2.19. The van der Waals surface area contributed by atoms with Crippen LogP contribution in [0.2, 0.25) is 0 Å². The number of aromatic nitrogens is 2. The molecule has 1 rings (SSSR count). The van der Waals surface area contributed by atoms with Crippen LogP contribution in [0.5, 0.6) is 0 Å². The van der Waals surface area contributed by atoms with Crippen LogP contribution in [0, 0.1) is 5.92 Å². The van der Waals surface area contributed by atoms with Crippen molar-refractivity contribution in [3.8, 4) is 0 Å². The van der Waals surface area contributed by atoms with Gasteiger partial charge in [0.1, 0.15) is 6.42 Å². The Morgan fingerprint density at radius 3 is 2.50 bits per heavy atom. The molecule has 92 valence electrons. The Morgan fingerprint density at radius 1 is 1.38 bits per heavy atom. The highest BCUT2D eigenvalue weighted by molar-refractivity contribution is 4.91. The number of halogens is 3. The standard InChI is InChI=1S/C9H14F3N3O/c1-5(2)6(13)3-8-14-7(15-16-8)4-9(10,11)12/h5-6H,3-4,13H2,1-2H3. The van der Waals surface area contributed by atoms with Crippen molar-refractivity contribution >= 4 is 0 Å². The van der Waals surface area contributed by atoms with E-state index in [4.69, 9.17) is 10.3 Å². The predicted molar refractivity (Wildman–Crippen MR) is 50.6 cm³/mol. The van der Waals surface area contributed by atoms with Gasteiger partial charge in [0, 0.05) is 12.5 Å². The number of rotatable bonds is 4. The van der Waals surface area contributed by atoms with Crippen LogP contribution in [-0.2, 0) is 12.8 Å². The Labute approximate surface area is 91.0 Å². The Kier molecular flexibility index (Phi) is 3.90. The zero-order chi connectivity index (χ0) is 12.3. The van der Waals surface area contributed by atoms with E-state index in [1.54, 1.807) is 0 Å². The average molecular weight is 237 g/mol. The van der Waals surface area contributed by atoms with Crippen LogP contribution in [0.3, 0.4) is 0 Å². The first kappa shape index (κ1) is 13.0. The topological polar surface area (TPSA) is 64.9 Å². The molecule has 7 heteroatoms. The van der Waals surface area contributed by atoms with E-state index in [0.29, 0.717) is 6.42 Å². The van der Waals surface area contributed by atoms with Gasteiger partial charge in [0.25, 0.3) is 0 Å². The normalized spacial score (nSPS) is 14.4. The second kappa shape index (κ2) is 4.82. The zero-order valence-electron chi connectivity index (χ0n) is 9.08. The third-order valence-corrected chi connectivity index (χ3v) is 2.14. The fraction of sp³-hybridized carbons (Fsp3) is 0.778. The molecule has 0 saturated carbocycles. The molecule has 0 radical (unpaired) electrons. The molecule has 1 unspecified atom stereocenters. The van der Waals surface area contributed by atoms with E-state index < -0.39 is 12.6 Å². The monoisotopic (exact) mass is 237 g/mol. The van der Waals surface area contributed by atoms with Gasteiger partial charge in [-0.25, -0.2) is 0 Å². The molecular formula is C9H14F3N3O. The van der Waals surface area contributed by atoms with Crippen molar-refractivity contribution in [2.75, 3.05) is 0 Å². The number of hydrogen-bond donors (Lipinski definition) is 1. The maximum Gasteiger partial charge on any atom is 0.396 e. The van der Waals surface area contributed by atoms with Gasteiger partial charge in [-0.1, -0.05) is 19.0 Å². The lowest BCUT2D eigenvalue weighted by molar-refractivity contribution is -0.128. The summed E-state index contributed by atoms with van der Waals surface area (Å²) in [6.07, 6.45) is -5.20. The van der Waals surface area contributed by atoms with E-state index in [1.165, 1.54) is 0 Å². The molecule has 4 nitrogen and oxygen atoms in total. The molecule has 1 aromatic rings. The van der Waals surface area contributed by atoms with Gasteiger partial charge in [0.2, 0.25) is 5.89 Å². The number of hydrogen-bond acceptors (Lipinski definition) is 4. The van der Waals surface area contributed by atoms with E-state index in [-0.39, 0.29) is 23.7 Å². The lowest BCUT2D eigenvalue weighted by Crippen LogP contribution is -2.28. The maximum absolute atomic E-state index is 12.0. The summed E-state index contributed by atoms with van der Waals surface area (Å²) in [5.74, 6) is 0.0110. The summed E-state index contributed by atoms with van der Waals surface area (Å²) in [5.41, 5.74) is 5.74. The van der Waals surface area contributed by atoms with Crippen LogP contribution in [-0.4, -0.2) is 22.4 Å². The highest BCUT2D eigenvalue weighted by atomic mass is 19.4. The summed E-state index contributed by atoms with van der Waals surface area (Å²) in [6.45, 7) is 3.83. The first-order chi connectivity index (χ1) is 7.28. The molecule has 0 bridgehead atoms. The Morgan fingerprint density at radius 2 is 2.00 bits per heavy atom. The first-order valence-electron chi connectivity index (χ1n) is 4.91. The molecule has 1 aromatic heterocycles. The summed E-state index contributed by atoms with van der Waals surface area (Å²) < 4.78 is 40.7. The quantitative estimate of drug-likeness (QED) is 0.865. The lowest BCUT2D eigenvalue weighted by Gasteiger charge is -2.11. The summed E-state index contributed by atoms with van der Waals surface area (Å²) in [5, 5.41) is 3.25. The van der Waals surface area contributed by atoms with Gasteiger partial charge in [0.15, 0.2) is 5.82 Å². The fourth-order valence-electron chi connectivity index (χ4n) is 1.06. The van der Waals surface area contributed by atoms with Gasteiger partial charge in [-0.2, -0.15) is 18.2 Å². The molecule has 1 atom stereocenters. The van der Waals surface area contributed by atoms with Crippen LogP contribution >= 0.6 is 0 Å². The molecule has 0 amide bonds. The van der Waals surface area contributed by atoms with Gasteiger partial charge in [0.05, 0.1) is 0 Å². The van der Waals surface area contributed by atoms with E-state index in [1.807, 2.05) is 13.8 Å². The molecule has 0 spiro atoms. The van der Waals surface area contributed by atoms with Crippen molar-refractivity contribution in [2.24, 2.45) is 11.7 Å². The van der Waals surface area contributed by atoms with Gasteiger partial charge in [-0.3, -0.25) is 0 Å². The summed E-state index contributed by atoms with van der Waals surface area (Å²) >= 11 is 0. The Bertz CT molecular complexity index is 335. The number of alkyl halides is 3. The minimum Gasteiger partial charge on any atom is -0.339 e. The SMILES string of the molecule is CC(C)C(N)Cc1nc(CC(F)(F)F)no1. The third kappa shape index (κ3) is 4.18. The number of nitrogens with two attached hydrogens (primary N) is 1. The van der Waals surface area contributed by atoms with Crippen molar-refractivity contribution < 1.29 is 17.7 Å². The van der Waals surface area contributed by atoms with E-state index >= 15 is 0 Å². The predicted octanol–water partition coefficient (Wildman–Crippen LogP) is 1.70. The minimum atomic E-state index is -4.32. The van der Waals surface area contributed by atoms with Crippen LogP contribution in [0.15, 0.2) is 4.52 Å². The molecule has 0 aliphatic carbocycles. The van der Waals surface area contributed by atoms with E-state index in [9.17, 15) is 13.2 Å². The van der Waals surface area contributed by atoms with Crippen LogP contribution < -0.4 is 5.73 Å². The second-order valence-corrected chi connectivity index (χ2v) is 4.01. The molecule has 0 saturated heterocycles. The molecular weight excluding hydrogens is 223 g/mol. The van der Waals surface area contributed by atoms with Gasteiger partial charge in [-0.15, -0.1) is 0 Å². The summed E-state index contributed by atoms with van der Waals surface area (Å²) in [4.78, 5) is 3.64. The summed E-state index contributed by atoms with van der Waals surface area (Å²) in [7, 11) is 0. The van der Waals surface area contributed by atoms with Gasteiger partial charge >= 0.3 is 6.18 Å². The smallest absolute Gasteiger partial charge is 0.339 e. The van der Waals surface area contributed by atoms with Crippen LogP contribution in [0.25, 0.3) is 0 Å². The highest BCUT2D eigenvalue weighted by Gasteiger charge is 2.30. The number of nitrogens with zero attached hydrogens (tertiary/aromatic N) is 2. The van der Waals surface area contributed by atoms with Crippen molar-refractivity contribution in [1.29, 1.82) is 0 Å². The zero-order valence-corrected chi connectivity index (χ0v) is 9.08. The first-order valence-corrected chi connectivity index (χ1v) is 4.91. The molecule has 0 aliphatic heterocycles. The minimum absolute atomic E-state index is 0.153. The van der Waals surface area contributed by atoms with E-state index in [2.05, 4.69) is 10.1 Å². The fourth-order valence-corrected chi connectivity index (χ4v) is 1.06.